The molecule has 0 aromatic heterocycles. The van der Waals surface area contributed by atoms with Gasteiger partial charge in [-0.25, -0.2) is 0 Å². The summed E-state index contributed by atoms with van der Waals surface area (Å²) in [6.07, 6.45) is 7.97. The molecule has 2 amide bonds. The zero-order chi connectivity index (χ0) is 18.8. The maximum atomic E-state index is 12.5. The normalized spacial score (nSPS) is 20.8. The van der Waals surface area contributed by atoms with E-state index in [1.165, 1.54) is 19.3 Å². The van der Waals surface area contributed by atoms with Crippen molar-refractivity contribution in [3.63, 3.8) is 0 Å². The standard InChI is InChI=1S/C19H36N4O3/c1-2-3-9-22(14-17(20)24)15-18(25)21-16-19(7-5-4-6-8-19)23-10-12-26-13-11-23/h2-16H2,1H3,(H2,20,24)(H,21,25). The molecule has 3 N–H and O–H groups in total. The molecule has 2 rings (SSSR count). The van der Waals surface area contributed by atoms with Crippen LogP contribution in [0.3, 0.4) is 0 Å². The number of primary amides is 1. The van der Waals surface area contributed by atoms with Gasteiger partial charge in [-0.05, 0) is 25.8 Å². The third-order valence-corrected chi connectivity index (χ3v) is 5.66. The molecule has 0 aromatic rings. The van der Waals surface area contributed by atoms with Crippen molar-refractivity contribution in [1.29, 1.82) is 0 Å². The number of hydrogen-bond donors (Lipinski definition) is 2. The van der Waals surface area contributed by atoms with Gasteiger partial charge < -0.3 is 15.8 Å². The highest BCUT2D eigenvalue weighted by molar-refractivity contribution is 5.80. The van der Waals surface area contributed by atoms with Crippen LogP contribution in [0.5, 0.6) is 0 Å². The maximum absolute atomic E-state index is 12.5. The molecule has 0 unspecified atom stereocenters. The minimum Gasteiger partial charge on any atom is -0.379 e. The maximum Gasteiger partial charge on any atom is 0.234 e. The Morgan fingerprint density at radius 3 is 2.46 bits per heavy atom. The summed E-state index contributed by atoms with van der Waals surface area (Å²) in [5.74, 6) is -0.397. The van der Waals surface area contributed by atoms with Crippen LogP contribution in [0.1, 0.15) is 51.9 Å². The Morgan fingerprint density at radius 1 is 1.15 bits per heavy atom. The first-order valence-corrected chi connectivity index (χ1v) is 10.2. The monoisotopic (exact) mass is 368 g/mol. The van der Waals surface area contributed by atoms with Crippen molar-refractivity contribution in [1.82, 2.24) is 15.1 Å². The lowest BCUT2D eigenvalue weighted by Crippen LogP contribution is -2.60. The smallest absolute Gasteiger partial charge is 0.234 e. The van der Waals surface area contributed by atoms with E-state index in [0.717, 1.165) is 58.5 Å². The molecular formula is C19H36N4O3. The van der Waals surface area contributed by atoms with Crippen molar-refractivity contribution in [2.24, 2.45) is 5.73 Å². The molecule has 1 heterocycles. The number of amides is 2. The number of carbonyl (C=O) groups excluding carboxylic acids is 2. The highest BCUT2D eigenvalue weighted by Gasteiger charge is 2.38. The van der Waals surface area contributed by atoms with Gasteiger partial charge in [0.25, 0.3) is 0 Å². The Labute approximate surface area is 157 Å². The summed E-state index contributed by atoms with van der Waals surface area (Å²) < 4.78 is 5.51. The lowest BCUT2D eigenvalue weighted by molar-refractivity contribution is -0.125. The van der Waals surface area contributed by atoms with E-state index in [1.54, 1.807) is 0 Å². The quantitative estimate of drug-likeness (QED) is 0.593. The van der Waals surface area contributed by atoms with E-state index in [0.29, 0.717) is 6.54 Å². The lowest BCUT2D eigenvalue weighted by Gasteiger charge is -2.48. The van der Waals surface area contributed by atoms with Crippen LogP contribution in [0.4, 0.5) is 0 Å². The fourth-order valence-electron chi connectivity index (χ4n) is 4.19. The van der Waals surface area contributed by atoms with E-state index in [-0.39, 0.29) is 30.4 Å². The second kappa shape index (κ2) is 10.8. The Hall–Kier alpha value is -1.18. The Balaban J connectivity index is 1.89. The number of morpholine rings is 1. The zero-order valence-corrected chi connectivity index (χ0v) is 16.3. The topological polar surface area (TPSA) is 87.9 Å². The molecule has 1 aliphatic carbocycles. The number of nitrogens with zero attached hydrogens (tertiary/aromatic N) is 2. The zero-order valence-electron chi connectivity index (χ0n) is 16.3. The SMILES string of the molecule is CCCCN(CC(N)=O)CC(=O)NCC1(N2CCOCC2)CCCCC1. The average Bonchev–Trinajstić information content (AvgIpc) is 2.65. The van der Waals surface area contributed by atoms with Crippen LogP contribution >= 0.6 is 0 Å². The summed E-state index contributed by atoms with van der Waals surface area (Å²) >= 11 is 0. The van der Waals surface area contributed by atoms with Gasteiger partial charge in [-0.2, -0.15) is 0 Å². The van der Waals surface area contributed by atoms with Gasteiger partial charge in [0.15, 0.2) is 0 Å². The molecule has 1 saturated carbocycles. The van der Waals surface area contributed by atoms with E-state index in [9.17, 15) is 9.59 Å². The molecular weight excluding hydrogens is 332 g/mol. The molecule has 0 spiro atoms. The third-order valence-electron chi connectivity index (χ3n) is 5.66. The van der Waals surface area contributed by atoms with E-state index in [4.69, 9.17) is 10.5 Å². The van der Waals surface area contributed by atoms with Crippen LogP contribution in [-0.2, 0) is 14.3 Å². The van der Waals surface area contributed by atoms with E-state index >= 15 is 0 Å². The van der Waals surface area contributed by atoms with Gasteiger partial charge in [0.2, 0.25) is 11.8 Å². The molecule has 0 atom stereocenters. The molecule has 150 valence electrons. The number of rotatable bonds is 10. The number of hydrogen-bond acceptors (Lipinski definition) is 5. The minimum atomic E-state index is -0.383. The van der Waals surface area contributed by atoms with Gasteiger partial charge in [0, 0.05) is 25.2 Å². The van der Waals surface area contributed by atoms with Crippen LogP contribution in [0, 0.1) is 0 Å². The molecule has 1 aliphatic heterocycles. The number of carbonyl (C=O) groups is 2. The average molecular weight is 369 g/mol. The van der Waals surface area contributed by atoms with E-state index < -0.39 is 0 Å². The highest BCUT2D eigenvalue weighted by atomic mass is 16.5. The first kappa shape index (κ1) is 21.1. The van der Waals surface area contributed by atoms with Gasteiger partial charge in [-0.15, -0.1) is 0 Å². The van der Waals surface area contributed by atoms with Crippen LogP contribution in [0.25, 0.3) is 0 Å². The Morgan fingerprint density at radius 2 is 1.85 bits per heavy atom. The largest absolute Gasteiger partial charge is 0.379 e. The lowest BCUT2D eigenvalue weighted by atomic mass is 9.79. The molecule has 2 fully saturated rings. The van der Waals surface area contributed by atoms with Crippen LogP contribution in [0.15, 0.2) is 0 Å². The fourth-order valence-corrected chi connectivity index (χ4v) is 4.19. The second-order valence-electron chi connectivity index (χ2n) is 7.69. The summed E-state index contributed by atoms with van der Waals surface area (Å²) in [5, 5.41) is 3.16. The minimum absolute atomic E-state index is 0.0134. The Bertz CT molecular complexity index is 446. The van der Waals surface area contributed by atoms with Crippen molar-refractivity contribution in [3.05, 3.63) is 0 Å². The van der Waals surface area contributed by atoms with Gasteiger partial charge in [-0.3, -0.25) is 19.4 Å². The van der Waals surface area contributed by atoms with E-state index in [2.05, 4.69) is 17.1 Å². The van der Waals surface area contributed by atoms with Crippen molar-refractivity contribution < 1.29 is 14.3 Å². The number of unbranched alkanes of at least 4 members (excludes halogenated alkanes) is 1. The Kier molecular flexibility index (Phi) is 8.81. The predicted octanol–water partition coefficient (Wildman–Crippen LogP) is 0.725. The summed E-state index contributed by atoms with van der Waals surface area (Å²) in [6.45, 7) is 7.33. The van der Waals surface area contributed by atoms with Crippen molar-refractivity contribution in [2.45, 2.75) is 57.4 Å². The first-order valence-electron chi connectivity index (χ1n) is 10.2. The van der Waals surface area contributed by atoms with Gasteiger partial charge >= 0.3 is 0 Å². The number of ether oxygens (including phenoxy) is 1. The van der Waals surface area contributed by atoms with Crippen molar-refractivity contribution in [2.75, 3.05) is 52.5 Å². The molecule has 2 aliphatic rings. The molecule has 26 heavy (non-hydrogen) atoms. The molecule has 1 saturated heterocycles. The fraction of sp³-hybridized carbons (Fsp3) is 0.895. The van der Waals surface area contributed by atoms with Crippen molar-refractivity contribution in [3.8, 4) is 0 Å². The molecule has 7 heteroatoms. The molecule has 0 aromatic carbocycles. The van der Waals surface area contributed by atoms with Crippen molar-refractivity contribution >= 4 is 11.8 Å². The number of nitrogens with one attached hydrogen (secondary N) is 1. The predicted molar refractivity (Wildman–Crippen MR) is 102 cm³/mol. The molecule has 7 nitrogen and oxygen atoms in total. The van der Waals surface area contributed by atoms with Gasteiger partial charge in [0.1, 0.15) is 0 Å². The third kappa shape index (κ3) is 6.52. The summed E-state index contributed by atoms with van der Waals surface area (Å²) in [6, 6.07) is 0. The first-order chi connectivity index (χ1) is 12.6. The summed E-state index contributed by atoms with van der Waals surface area (Å²) in [4.78, 5) is 28.1. The van der Waals surface area contributed by atoms with Gasteiger partial charge in [-0.1, -0.05) is 32.6 Å². The summed E-state index contributed by atoms with van der Waals surface area (Å²) in [5.41, 5.74) is 5.38. The molecule has 0 bridgehead atoms. The van der Waals surface area contributed by atoms with Crippen LogP contribution in [-0.4, -0.2) is 79.6 Å². The van der Waals surface area contributed by atoms with Gasteiger partial charge in [0.05, 0.1) is 26.3 Å². The summed E-state index contributed by atoms with van der Waals surface area (Å²) in [7, 11) is 0. The molecule has 0 radical (unpaired) electrons. The number of nitrogens with two attached hydrogens (primary N) is 1. The van der Waals surface area contributed by atoms with E-state index in [1.807, 2.05) is 4.90 Å². The second-order valence-corrected chi connectivity index (χ2v) is 7.69. The van der Waals surface area contributed by atoms with Crippen LogP contribution < -0.4 is 11.1 Å². The van der Waals surface area contributed by atoms with Crippen LogP contribution in [0.2, 0.25) is 0 Å². The highest BCUT2D eigenvalue weighted by Crippen LogP contribution is 2.33.